The van der Waals surface area contributed by atoms with E-state index in [1.54, 1.807) is 37.3 Å². The Morgan fingerprint density at radius 1 is 1.34 bits per heavy atom. The summed E-state index contributed by atoms with van der Waals surface area (Å²) in [5.74, 6) is 1.27. The van der Waals surface area contributed by atoms with Gasteiger partial charge >= 0.3 is 0 Å². The predicted molar refractivity (Wildman–Crippen MR) is 107 cm³/mol. The van der Waals surface area contributed by atoms with Crippen LogP contribution < -0.4 is 9.47 Å². The minimum atomic E-state index is -3.06. The second kappa shape index (κ2) is 8.99. The summed E-state index contributed by atoms with van der Waals surface area (Å²) in [6.07, 6.45) is 0.478. The first-order valence-corrected chi connectivity index (χ1v) is 11.8. The fourth-order valence-electron chi connectivity index (χ4n) is 3.25. The molecule has 2 aromatic rings. The summed E-state index contributed by atoms with van der Waals surface area (Å²) < 4.78 is 35.6. The number of carbonyl (C=O) groups is 1. The van der Waals surface area contributed by atoms with E-state index in [9.17, 15) is 13.2 Å². The van der Waals surface area contributed by atoms with Crippen molar-refractivity contribution >= 4 is 27.5 Å². The molecule has 29 heavy (non-hydrogen) atoms. The summed E-state index contributed by atoms with van der Waals surface area (Å²) in [6, 6.07) is 4.97. The van der Waals surface area contributed by atoms with Crippen LogP contribution in [0.1, 0.15) is 13.3 Å². The van der Waals surface area contributed by atoms with Crippen LogP contribution in [0.15, 0.2) is 23.4 Å². The SMILES string of the molecule is CCN(C(=O)CSc1nnnn1-c1cc(OC)ccc1OC)C1CCS(=O)(=O)C1. The molecule has 1 aromatic carbocycles. The molecule has 1 saturated heterocycles. The molecule has 12 heteroatoms. The van der Waals surface area contributed by atoms with Gasteiger partial charge in [0.25, 0.3) is 0 Å². The van der Waals surface area contributed by atoms with Crippen molar-refractivity contribution < 1.29 is 22.7 Å². The van der Waals surface area contributed by atoms with Crippen LogP contribution >= 0.6 is 11.8 Å². The van der Waals surface area contributed by atoms with E-state index in [0.29, 0.717) is 35.3 Å². The van der Waals surface area contributed by atoms with E-state index in [2.05, 4.69) is 15.5 Å². The Kier molecular flexibility index (Phi) is 6.63. The van der Waals surface area contributed by atoms with Crippen LogP contribution in [0.5, 0.6) is 11.5 Å². The number of aromatic nitrogens is 4. The van der Waals surface area contributed by atoms with Gasteiger partial charge in [-0.05, 0) is 35.9 Å². The van der Waals surface area contributed by atoms with Crippen molar-refractivity contribution in [3.8, 4) is 17.2 Å². The molecule has 3 rings (SSSR count). The minimum Gasteiger partial charge on any atom is -0.497 e. The molecule has 158 valence electrons. The lowest BCUT2D eigenvalue weighted by molar-refractivity contribution is -0.129. The molecular formula is C17H23N5O5S2. The quantitative estimate of drug-likeness (QED) is 0.549. The summed E-state index contributed by atoms with van der Waals surface area (Å²) in [5, 5.41) is 12.1. The highest BCUT2D eigenvalue weighted by Crippen LogP contribution is 2.30. The largest absolute Gasteiger partial charge is 0.497 e. The third kappa shape index (κ3) is 4.81. The third-order valence-electron chi connectivity index (χ3n) is 4.69. The number of amides is 1. The highest BCUT2D eigenvalue weighted by Gasteiger charge is 2.34. The first-order valence-electron chi connectivity index (χ1n) is 9.02. The highest BCUT2D eigenvalue weighted by molar-refractivity contribution is 7.99. The lowest BCUT2D eigenvalue weighted by atomic mass is 10.2. The molecule has 0 radical (unpaired) electrons. The Hall–Kier alpha value is -2.34. The van der Waals surface area contributed by atoms with E-state index in [0.717, 1.165) is 0 Å². The van der Waals surface area contributed by atoms with Crippen LogP contribution in [0.2, 0.25) is 0 Å². The Labute approximate surface area is 173 Å². The molecule has 1 aromatic heterocycles. The van der Waals surface area contributed by atoms with Crippen molar-refractivity contribution in [1.82, 2.24) is 25.1 Å². The zero-order valence-corrected chi connectivity index (χ0v) is 18.1. The van der Waals surface area contributed by atoms with Crippen LogP contribution in [0.4, 0.5) is 0 Å². The number of ether oxygens (including phenoxy) is 2. The summed E-state index contributed by atoms with van der Waals surface area (Å²) in [4.78, 5) is 14.3. The maximum absolute atomic E-state index is 12.7. The molecule has 1 unspecified atom stereocenters. The molecule has 2 heterocycles. The van der Waals surface area contributed by atoms with Gasteiger partial charge in [-0.3, -0.25) is 4.79 Å². The number of sulfone groups is 1. The van der Waals surface area contributed by atoms with Crippen molar-refractivity contribution in [2.24, 2.45) is 0 Å². The Morgan fingerprint density at radius 3 is 2.76 bits per heavy atom. The van der Waals surface area contributed by atoms with Crippen LogP contribution in [-0.2, 0) is 14.6 Å². The summed E-state index contributed by atoms with van der Waals surface area (Å²) in [6.45, 7) is 2.30. The van der Waals surface area contributed by atoms with E-state index in [1.165, 1.54) is 16.4 Å². The van der Waals surface area contributed by atoms with Gasteiger partial charge in [-0.25, -0.2) is 8.42 Å². The number of benzene rings is 1. The van der Waals surface area contributed by atoms with Crippen molar-refractivity contribution in [2.45, 2.75) is 24.5 Å². The first-order chi connectivity index (χ1) is 13.9. The molecule has 1 aliphatic heterocycles. The average molecular weight is 442 g/mol. The van der Waals surface area contributed by atoms with Crippen LogP contribution in [0, 0.1) is 0 Å². The minimum absolute atomic E-state index is 0.0238. The smallest absolute Gasteiger partial charge is 0.233 e. The summed E-state index contributed by atoms with van der Waals surface area (Å²) in [5.41, 5.74) is 0.584. The van der Waals surface area contributed by atoms with E-state index < -0.39 is 9.84 Å². The van der Waals surface area contributed by atoms with Gasteiger partial charge in [-0.1, -0.05) is 11.8 Å². The van der Waals surface area contributed by atoms with Gasteiger partial charge in [-0.15, -0.1) is 5.10 Å². The molecule has 1 aliphatic rings. The maximum Gasteiger partial charge on any atom is 0.233 e. The first kappa shape index (κ1) is 21.4. The standard InChI is InChI=1S/C17H23N5O5S2/c1-4-21(12-7-8-29(24,25)11-12)16(23)10-28-17-18-19-20-22(17)14-9-13(26-2)5-6-15(14)27-3/h5-6,9,12H,4,7-8,10-11H2,1-3H3. The van der Waals surface area contributed by atoms with Crippen LogP contribution in [0.25, 0.3) is 5.69 Å². The topological polar surface area (TPSA) is 117 Å². The molecular weight excluding hydrogens is 418 g/mol. The predicted octanol–water partition coefficient (Wildman–Crippen LogP) is 0.807. The lowest BCUT2D eigenvalue weighted by Gasteiger charge is -2.26. The zero-order valence-electron chi connectivity index (χ0n) is 16.4. The maximum atomic E-state index is 12.7. The summed E-state index contributed by atoms with van der Waals surface area (Å²) >= 11 is 1.18. The zero-order chi connectivity index (χ0) is 21.0. The van der Waals surface area contributed by atoms with Crippen molar-refractivity contribution in [3.05, 3.63) is 18.2 Å². The summed E-state index contributed by atoms with van der Waals surface area (Å²) in [7, 11) is 0.0378. The average Bonchev–Trinajstić information content (AvgIpc) is 3.32. The number of nitrogens with zero attached hydrogens (tertiary/aromatic N) is 5. The van der Waals surface area contributed by atoms with Gasteiger partial charge in [0.05, 0.1) is 31.5 Å². The molecule has 1 amide bonds. The lowest BCUT2D eigenvalue weighted by Crippen LogP contribution is -2.42. The number of hydrogen-bond donors (Lipinski definition) is 0. The van der Waals surface area contributed by atoms with Gasteiger partial charge < -0.3 is 14.4 Å². The Morgan fingerprint density at radius 2 is 2.14 bits per heavy atom. The molecule has 0 aliphatic carbocycles. The third-order valence-corrected chi connectivity index (χ3v) is 7.34. The fraction of sp³-hybridized carbons (Fsp3) is 0.529. The van der Waals surface area contributed by atoms with Crippen molar-refractivity contribution in [2.75, 3.05) is 38.0 Å². The van der Waals surface area contributed by atoms with E-state index in [-0.39, 0.29) is 29.2 Å². The van der Waals surface area contributed by atoms with E-state index in [4.69, 9.17) is 9.47 Å². The Balaban J connectivity index is 1.75. The van der Waals surface area contributed by atoms with E-state index >= 15 is 0 Å². The van der Waals surface area contributed by atoms with Gasteiger partial charge in [0.1, 0.15) is 17.2 Å². The second-order valence-electron chi connectivity index (χ2n) is 6.44. The fourth-order valence-corrected chi connectivity index (χ4v) is 5.75. The number of hydrogen-bond acceptors (Lipinski definition) is 9. The Bertz CT molecular complexity index is 978. The van der Waals surface area contributed by atoms with Crippen LogP contribution in [0.3, 0.4) is 0 Å². The number of thioether (sulfide) groups is 1. The number of methoxy groups -OCH3 is 2. The van der Waals surface area contributed by atoms with Crippen molar-refractivity contribution in [3.63, 3.8) is 0 Å². The normalized spacial score (nSPS) is 17.8. The monoisotopic (exact) mass is 441 g/mol. The van der Waals surface area contributed by atoms with Gasteiger partial charge in [0.2, 0.25) is 11.1 Å². The van der Waals surface area contributed by atoms with Crippen LogP contribution in [-0.4, -0.2) is 83.5 Å². The highest BCUT2D eigenvalue weighted by atomic mass is 32.2. The molecule has 0 N–H and O–H groups in total. The molecule has 0 bridgehead atoms. The molecule has 10 nitrogen and oxygen atoms in total. The number of carbonyl (C=O) groups excluding carboxylic acids is 1. The van der Waals surface area contributed by atoms with E-state index in [1.807, 2.05) is 6.92 Å². The molecule has 0 spiro atoms. The molecule has 1 atom stereocenters. The van der Waals surface area contributed by atoms with Crippen molar-refractivity contribution in [1.29, 1.82) is 0 Å². The molecule has 0 saturated carbocycles. The number of rotatable bonds is 8. The second-order valence-corrected chi connectivity index (χ2v) is 9.61. The van der Waals surface area contributed by atoms with Gasteiger partial charge in [0.15, 0.2) is 9.84 Å². The molecule has 1 fully saturated rings. The number of tetrazole rings is 1. The van der Waals surface area contributed by atoms with Gasteiger partial charge in [-0.2, -0.15) is 4.68 Å². The van der Waals surface area contributed by atoms with Gasteiger partial charge in [0, 0.05) is 18.7 Å².